The van der Waals surface area contributed by atoms with E-state index in [2.05, 4.69) is 15.6 Å². The lowest BCUT2D eigenvalue weighted by Crippen LogP contribution is -2.41. The maximum Gasteiger partial charge on any atom is 0.339 e. The van der Waals surface area contributed by atoms with Crippen molar-refractivity contribution in [3.63, 3.8) is 0 Å². The highest BCUT2D eigenvalue weighted by Gasteiger charge is 2.19. The average molecular weight is 407 g/mol. The molecular weight excluding hydrogens is 386 g/mol. The number of urea groups is 1. The van der Waals surface area contributed by atoms with Crippen molar-refractivity contribution >= 4 is 17.9 Å². The lowest BCUT2D eigenvalue weighted by Gasteiger charge is -2.08. The molecule has 0 aliphatic carbocycles. The van der Waals surface area contributed by atoms with E-state index in [-0.39, 0.29) is 11.5 Å². The fraction of sp³-hybridized carbons (Fsp3) is 0.182. The summed E-state index contributed by atoms with van der Waals surface area (Å²) in [4.78, 5) is 39.8. The summed E-state index contributed by atoms with van der Waals surface area (Å²) in [5.74, 6) is -0.643. The number of benzene rings is 2. The second kappa shape index (κ2) is 9.51. The molecule has 0 unspecified atom stereocenters. The summed E-state index contributed by atoms with van der Waals surface area (Å²) in [6.07, 6.45) is 1.59. The maximum atomic E-state index is 12.5. The zero-order valence-electron chi connectivity index (χ0n) is 16.6. The predicted octanol–water partition coefficient (Wildman–Crippen LogP) is 3.32. The number of imide groups is 1. The molecule has 1 heterocycles. The SMILES string of the molecule is CCNC(=O)NC(=O)COC(=O)c1ccccc1-c1ncc(-c2ccc(C)cc2)o1. The lowest BCUT2D eigenvalue weighted by atomic mass is 10.1. The highest BCUT2D eigenvalue weighted by Crippen LogP contribution is 2.28. The molecule has 2 aromatic carbocycles. The van der Waals surface area contributed by atoms with Crippen molar-refractivity contribution < 1.29 is 23.5 Å². The van der Waals surface area contributed by atoms with Gasteiger partial charge in [0.05, 0.1) is 17.3 Å². The van der Waals surface area contributed by atoms with Crippen LogP contribution in [-0.4, -0.2) is 36.0 Å². The van der Waals surface area contributed by atoms with Crippen LogP contribution in [-0.2, 0) is 9.53 Å². The maximum absolute atomic E-state index is 12.5. The minimum atomic E-state index is -0.732. The van der Waals surface area contributed by atoms with Gasteiger partial charge in [-0.3, -0.25) is 10.1 Å². The molecule has 3 rings (SSSR count). The standard InChI is InChI=1S/C22H21N3O5/c1-3-23-22(28)25-19(26)13-29-21(27)17-7-5-4-6-16(17)20-24-12-18(30-20)15-10-8-14(2)9-11-15/h4-12H,3,13H2,1-2H3,(H2,23,25,26,28). The Labute approximate surface area is 173 Å². The lowest BCUT2D eigenvalue weighted by molar-refractivity contribution is -0.123. The molecule has 0 saturated carbocycles. The number of nitrogens with one attached hydrogen (secondary N) is 2. The van der Waals surface area contributed by atoms with Gasteiger partial charge in [0.25, 0.3) is 5.91 Å². The summed E-state index contributed by atoms with van der Waals surface area (Å²) in [5, 5.41) is 4.48. The molecule has 0 aliphatic heterocycles. The van der Waals surface area contributed by atoms with Crippen LogP contribution in [0.1, 0.15) is 22.8 Å². The zero-order chi connectivity index (χ0) is 21.5. The first-order valence-corrected chi connectivity index (χ1v) is 9.35. The van der Waals surface area contributed by atoms with Crippen molar-refractivity contribution in [2.45, 2.75) is 13.8 Å². The van der Waals surface area contributed by atoms with Crippen LogP contribution in [0.15, 0.2) is 59.1 Å². The Hall–Kier alpha value is -3.94. The number of amides is 3. The molecule has 3 amide bonds. The number of hydrogen-bond donors (Lipinski definition) is 2. The number of nitrogens with zero attached hydrogens (tertiary/aromatic N) is 1. The quantitative estimate of drug-likeness (QED) is 0.607. The van der Waals surface area contributed by atoms with Gasteiger partial charge in [-0.15, -0.1) is 0 Å². The number of hydrogen-bond acceptors (Lipinski definition) is 6. The van der Waals surface area contributed by atoms with E-state index in [1.54, 1.807) is 37.4 Å². The third-order valence-corrected chi connectivity index (χ3v) is 4.14. The van der Waals surface area contributed by atoms with Gasteiger partial charge in [0.1, 0.15) is 0 Å². The third kappa shape index (κ3) is 5.11. The zero-order valence-corrected chi connectivity index (χ0v) is 16.6. The molecule has 30 heavy (non-hydrogen) atoms. The van der Waals surface area contributed by atoms with Crippen LogP contribution >= 0.6 is 0 Å². The third-order valence-electron chi connectivity index (χ3n) is 4.14. The summed E-state index contributed by atoms with van der Waals surface area (Å²) >= 11 is 0. The molecule has 0 radical (unpaired) electrons. The van der Waals surface area contributed by atoms with Crippen molar-refractivity contribution in [3.05, 3.63) is 65.9 Å². The van der Waals surface area contributed by atoms with E-state index in [9.17, 15) is 14.4 Å². The van der Waals surface area contributed by atoms with Crippen molar-refractivity contribution in [3.8, 4) is 22.8 Å². The van der Waals surface area contributed by atoms with Crippen LogP contribution in [0.3, 0.4) is 0 Å². The van der Waals surface area contributed by atoms with Crippen molar-refractivity contribution in [2.24, 2.45) is 0 Å². The van der Waals surface area contributed by atoms with Crippen molar-refractivity contribution in [1.29, 1.82) is 0 Å². The van der Waals surface area contributed by atoms with Crippen LogP contribution in [0.4, 0.5) is 4.79 Å². The van der Waals surface area contributed by atoms with Gasteiger partial charge in [0.15, 0.2) is 12.4 Å². The van der Waals surface area contributed by atoms with Gasteiger partial charge in [-0.25, -0.2) is 14.6 Å². The second-order valence-electron chi connectivity index (χ2n) is 6.43. The van der Waals surface area contributed by atoms with Crippen molar-refractivity contribution in [2.75, 3.05) is 13.2 Å². The summed E-state index contributed by atoms with van der Waals surface area (Å²) < 4.78 is 10.9. The molecule has 0 fully saturated rings. The van der Waals surface area contributed by atoms with Crippen LogP contribution in [0, 0.1) is 6.92 Å². The van der Waals surface area contributed by atoms with Crippen LogP contribution in [0.25, 0.3) is 22.8 Å². The monoisotopic (exact) mass is 407 g/mol. The number of aryl methyl sites for hydroxylation is 1. The molecule has 0 aliphatic rings. The highest BCUT2D eigenvalue weighted by atomic mass is 16.5. The van der Waals surface area contributed by atoms with Gasteiger partial charge in [0, 0.05) is 12.1 Å². The molecule has 2 N–H and O–H groups in total. The summed E-state index contributed by atoms with van der Waals surface area (Å²) in [6.45, 7) is 3.49. The fourth-order valence-corrected chi connectivity index (χ4v) is 2.67. The molecule has 0 atom stereocenters. The molecule has 154 valence electrons. The second-order valence-corrected chi connectivity index (χ2v) is 6.43. The minimum Gasteiger partial charge on any atom is -0.452 e. The normalized spacial score (nSPS) is 10.3. The molecule has 8 nitrogen and oxygen atoms in total. The topological polar surface area (TPSA) is 111 Å². The number of carbonyl (C=O) groups is 3. The first-order valence-electron chi connectivity index (χ1n) is 9.35. The Bertz CT molecular complexity index is 1060. The van der Waals surface area contributed by atoms with E-state index in [0.717, 1.165) is 11.1 Å². The highest BCUT2D eigenvalue weighted by molar-refractivity contribution is 5.99. The molecule has 0 bridgehead atoms. The van der Waals surface area contributed by atoms with Crippen LogP contribution in [0.2, 0.25) is 0 Å². The number of carbonyl (C=O) groups excluding carboxylic acids is 3. The van der Waals surface area contributed by atoms with Crippen molar-refractivity contribution in [1.82, 2.24) is 15.6 Å². The molecule has 1 aromatic heterocycles. The van der Waals surface area contributed by atoms with Crippen LogP contribution in [0.5, 0.6) is 0 Å². The van der Waals surface area contributed by atoms with Gasteiger partial charge in [-0.2, -0.15) is 0 Å². The Balaban J connectivity index is 1.73. The van der Waals surface area contributed by atoms with Gasteiger partial charge >= 0.3 is 12.0 Å². The predicted molar refractivity (Wildman–Crippen MR) is 110 cm³/mol. The Morgan fingerprint density at radius 1 is 1.07 bits per heavy atom. The minimum absolute atomic E-state index is 0.195. The van der Waals surface area contributed by atoms with E-state index in [0.29, 0.717) is 17.9 Å². The average Bonchev–Trinajstić information content (AvgIpc) is 3.23. The van der Waals surface area contributed by atoms with Gasteiger partial charge in [-0.05, 0) is 26.0 Å². The number of esters is 1. The molecule has 8 heteroatoms. The van der Waals surface area contributed by atoms with E-state index in [1.165, 1.54) is 0 Å². The summed E-state index contributed by atoms with van der Waals surface area (Å²) in [5.41, 5.74) is 2.62. The van der Waals surface area contributed by atoms with Crippen LogP contribution < -0.4 is 10.6 Å². The summed E-state index contributed by atoms with van der Waals surface area (Å²) in [7, 11) is 0. The number of aromatic nitrogens is 1. The van der Waals surface area contributed by atoms with E-state index >= 15 is 0 Å². The number of oxazole rings is 1. The van der Waals surface area contributed by atoms with E-state index < -0.39 is 24.5 Å². The largest absolute Gasteiger partial charge is 0.452 e. The smallest absolute Gasteiger partial charge is 0.339 e. The Morgan fingerprint density at radius 2 is 1.80 bits per heavy atom. The molecule has 0 spiro atoms. The first-order chi connectivity index (χ1) is 14.5. The molecule has 3 aromatic rings. The summed E-state index contributed by atoms with van der Waals surface area (Å²) in [6, 6.07) is 13.8. The Morgan fingerprint density at radius 3 is 2.53 bits per heavy atom. The van der Waals surface area contributed by atoms with Gasteiger partial charge < -0.3 is 14.5 Å². The van der Waals surface area contributed by atoms with E-state index in [4.69, 9.17) is 9.15 Å². The number of ether oxygens (including phenoxy) is 1. The van der Waals surface area contributed by atoms with Gasteiger partial charge in [0.2, 0.25) is 5.89 Å². The Kier molecular flexibility index (Phi) is 6.59. The van der Waals surface area contributed by atoms with E-state index in [1.807, 2.05) is 31.2 Å². The first kappa shape index (κ1) is 20.8. The molecular formula is C22H21N3O5. The fourth-order valence-electron chi connectivity index (χ4n) is 2.67. The molecule has 0 saturated heterocycles. The van der Waals surface area contributed by atoms with Gasteiger partial charge in [-0.1, -0.05) is 42.0 Å². The number of rotatable bonds is 6.